The van der Waals surface area contributed by atoms with E-state index in [-0.39, 0.29) is 35.7 Å². The minimum Gasteiger partial charge on any atom is -0.359 e. The average Bonchev–Trinajstić information content (AvgIpc) is 3.30. The van der Waals surface area contributed by atoms with Crippen molar-refractivity contribution in [2.75, 3.05) is 33.2 Å². The normalized spacial score (nSPS) is 21.1. The van der Waals surface area contributed by atoms with E-state index in [1.54, 1.807) is 25.8 Å². The van der Waals surface area contributed by atoms with Gasteiger partial charge >= 0.3 is 0 Å². The van der Waals surface area contributed by atoms with Crippen LogP contribution in [0.25, 0.3) is 0 Å². The molecule has 2 aliphatic heterocycles. The van der Waals surface area contributed by atoms with Crippen molar-refractivity contribution < 1.29 is 18.0 Å². The number of hydrogen-bond acceptors (Lipinski definition) is 5. The second-order valence-corrected chi connectivity index (χ2v) is 9.44. The lowest BCUT2D eigenvalue weighted by atomic mass is 9.99. The molecule has 0 bridgehead atoms. The highest BCUT2D eigenvalue weighted by atomic mass is 32.2. The summed E-state index contributed by atoms with van der Waals surface area (Å²) in [6.07, 6.45) is 3.32. The van der Waals surface area contributed by atoms with Gasteiger partial charge in [-0.1, -0.05) is 0 Å². The first-order valence-electron chi connectivity index (χ1n) is 9.79. The molecule has 10 heteroatoms. The van der Waals surface area contributed by atoms with Crippen molar-refractivity contribution in [1.82, 2.24) is 24.3 Å². The molecule has 0 spiro atoms. The fourth-order valence-corrected chi connectivity index (χ4v) is 6.01. The zero-order chi connectivity index (χ0) is 20.5. The molecule has 1 unspecified atom stereocenters. The van der Waals surface area contributed by atoms with Crippen molar-refractivity contribution in [3.8, 4) is 0 Å². The Hall–Kier alpha value is -1.94. The summed E-state index contributed by atoms with van der Waals surface area (Å²) in [4.78, 5) is 26.4. The van der Waals surface area contributed by atoms with Crippen molar-refractivity contribution in [1.29, 1.82) is 0 Å². The van der Waals surface area contributed by atoms with Gasteiger partial charge in [-0.25, -0.2) is 8.42 Å². The van der Waals surface area contributed by atoms with Crippen molar-refractivity contribution in [3.63, 3.8) is 0 Å². The summed E-state index contributed by atoms with van der Waals surface area (Å²) in [6, 6.07) is 0. The van der Waals surface area contributed by atoms with Crippen molar-refractivity contribution in [2.24, 2.45) is 5.92 Å². The highest BCUT2D eigenvalue weighted by molar-refractivity contribution is 7.89. The number of carbonyl (C=O) groups is 2. The van der Waals surface area contributed by atoms with Crippen LogP contribution in [0.15, 0.2) is 4.90 Å². The molecule has 156 valence electrons. The Balaban J connectivity index is 1.83. The van der Waals surface area contributed by atoms with Crippen molar-refractivity contribution >= 4 is 21.8 Å². The van der Waals surface area contributed by atoms with Gasteiger partial charge in [0.25, 0.3) is 0 Å². The first-order valence-corrected chi connectivity index (χ1v) is 11.2. The number of nitrogens with zero attached hydrogens (tertiary/aromatic N) is 4. The molecule has 0 radical (unpaired) electrons. The van der Waals surface area contributed by atoms with Crippen molar-refractivity contribution in [3.05, 3.63) is 11.4 Å². The molecule has 3 rings (SSSR count). The molecule has 1 aromatic heterocycles. The van der Waals surface area contributed by atoms with Gasteiger partial charge in [0.05, 0.1) is 17.3 Å². The summed E-state index contributed by atoms with van der Waals surface area (Å²) in [5, 5.41) is 6.94. The van der Waals surface area contributed by atoms with E-state index >= 15 is 0 Å². The van der Waals surface area contributed by atoms with E-state index in [1.807, 2.05) is 0 Å². The van der Waals surface area contributed by atoms with Crippen LogP contribution in [0, 0.1) is 19.8 Å². The summed E-state index contributed by atoms with van der Waals surface area (Å²) in [5.41, 5.74) is 0.848. The average molecular weight is 412 g/mol. The number of piperidine rings is 1. The van der Waals surface area contributed by atoms with Gasteiger partial charge in [-0.05, 0) is 39.5 Å². The SMILES string of the molecule is CNC(=O)C1CCCN(S(=O)(=O)c2c(C)nn(CC(=O)N3CCCC3)c2C)C1. The molecule has 0 saturated carbocycles. The van der Waals surface area contributed by atoms with Gasteiger partial charge < -0.3 is 10.2 Å². The number of carbonyl (C=O) groups excluding carboxylic acids is 2. The Morgan fingerprint density at radius 1 is 1.14 bits per heavy atom. The third-order valence-electron chi connectivity index (χ3n) is 5.66. The van der Waals surface area contributed by atoms with Gasteiger partial charge in [0, 0.05) is 33.2 Å². The number of hydrogen-bond donors (Lipinski definition) is 1. The Morgan fingerprint density at radius 3 is 2.46 bits per heavy atom. The van der Waals surface area contributed by atoms with Crippen LogP contribution in [0.2, 0.25) is 0 Å². The van der Waals surface area contributed by atoms with Gasteiger partial charge in [-0.15, -0.1) is 0 Å². The zero-order valence-electron chi connectivity index (χ0n) is 16.8. The Bertz CT molecular complexity index is 858. The van der Waals surface area contributed by atoms with E-state index in [0.29, 0.717) is 30.8 Å². The maximum Gasteiger partial charge on any atom is 0.246 e. The number of sulfonamides is 1. The fraction of sp³-hybridized carbons (Fsp3) is 0.722. The highest BCUT2D eigenvalue weighted by Crippen LogP contribution is 2.28. The lowest BCUT2D eigenvalue weighted by Crippen LogP contribution is -2.45. The Labute approximate surface area is 166 Å². The number of amides is 2. The predicted octanol–water partition coefficient (Wildman–Crippen LogP) is 0.269. The smallest absolute Gasteiger partial charge is 0.246 e. The van der Waals surface area contributed by atoms with Crippen molar-refractivity contribution in [2.45, 2.75) is 51.0 Å². The monoisotopic (exact) mass is 411 g/mol. The van der Waals surface area contributed by atoms with Gasteiger partial charge in [-0.3, -0.25) is 14.3 Å². The second-order valence-electron chi connectivity index (χ2n) is 7.56. The molecule has 0 aliphatic carbocycles. The quantitative estimate of drug-likeness (QED) is 0.749. The molecule has 2 saturated heterocycles. The number of aryl methyl sites for hydroxylation is 1. The van der Waals surface area contributed by atoms with Gasteiger partial charge in [0.15, 0.2) is 0 Å². The molecule has 1 aromatic rings. The Morgan fingerprint density at radius 2 is 1.82 bits per heavy atom. The van der Waals surface area contributed by atoms with Gasteiger partial charge in [-0.2, -0.15) is 9.40 Å². The number of nitrogens with one attached hydrogen (secondary N) is 1. The minimum absolute atomic E-state index is 0.0373. The molecule has 3 heterocycles. The first kappa shape index (κ1) is 20.8. The predicted molar refractivity (Wildman–Crippen MR) is 103 cm³/mol. The highest BCUT2D eigenvalue weighted by Gasteiger charge is 2.36. The lowest BCUT2D eigenvalue weighted by molar-refractivity contribution is -0.131. The van der Waals surface area contributed by atoms with E-state index in [1.165, 1.54) is 8.99 Å². The maximum absolute atomic E-state index is 13.3. The van der Waals surface area contributed by atoms with Crippen LogP contribution in [0.1, 0.15) is 37.1 Å². The van der Waals surface area contributed by atoms with Crippen LogP contribution in [-0.4, -0.2) is 72.4 Å². The molecule has 28 heavy (non-hydrogen) atoms. The van der Waals surface area contributed by atoms with E-state index in [9.17, 15) is 18.0 Å². The van der Waals surface area contributed by atoms with Crippen LogP contribution in [-0.2, 0) is 26.2 Å². The third-order valence-corrected chi connectivity index (χ3v) is 7.78. The topological polar surface area (TPSA) is 105 Å². The summed E-state index contributed by atoms with van der Waals surface area (Å²) >= 11 is 0. The molecule has 0 aromatic carbocycles. The van der Waals surface area contributed by atoms with Crippen LogP contribution in [0.3, 0.4) is 0 Å². The summed E-state index contributed by atoms with van der Waals surface area (Å²) in [5.74, 6) is -0.522. The van der Waals surface area contributed by atoms with Gasteiger partial charge in [0.1, 0.15) is 11.4 Å². The summed E-state index contributed by atoms with van der Waals surface area (Å²) < 4.78 is 29.4. The molecule has 2 amide bonds. The lowest BCUT2D eigenvalue weighted by Gasteiger charge is -2.31. The minimum atomic E-state index is -3.79. The molecule has 9 nitrogen and oxygen atoms in total. The fourth-order valence-electron chi connectivity index (χ4n) is 4.11. The Kier molecular flexibility index (Phi) is 6.09. The van der Waals surface area contributed by atoms with Crippen LogP contribution >= 0.6 is 0 Å². The van der Waals surface area contributed by atoms with Crippen LogP contribution < -0.4 is 5.32 Å². The molecule has 1 N–H and O–H groups in total. The van der Waals surface area contributed by atoms with Gasteiger partial charge in [0.2, 0.25) is 21.8 Å². The maximum atomic E-state index is 13.3. The van der Waals surface area contributed by atoms with E-state index in [4.69, 9.17) is 0 Å². The molecule has 2 aliphatic rings. The van der Waals surface area contributed by atoms with E-state index < -0.39 is 10.0 Å². The van der Waals surface area contributed by atoms with Crippen LogP contribution in [0.4, 0.5) is 0 Å². The standard InChI is InChI=1S/C18H29N5O4S/c1-13-17(14(2)23(20-13)12-16(24)21-8-4-5-9-21)28(26,27)22-10-6-7-15(11-22)18(25)19-3/h15H,4-12H2,1-3H3,(H,19,25). The first-order chi connectivity index (χ1) is 13.3. The number of aromatic nitrogens is 2. The second kappa shape index (κ2) is 8.20. The van der Waals surface area contributed by atoms with E-state index in [0.717, 1.165) is 25.9 Å². The zero-order valence-corrected chi connectivity index (χ0v) is 17.6. The molecule has 2 fully saturated rings. The van der Waals surface area contributed by atoms with E-state index in [2.05, 4.69) is 10.4 Å². The third kappa shape index (κ3) is 3.93. The molecule has 1 atom stereocenters. The largest absolute Gasteiger partial charge is 0.359 e. The summed E-state index contributed by atoms with van der Waals surface area (Å²) in [7, 11) is -2.23. The number of likely N-dealkylation sites (tertiary alicyclic amines) is 1. The number of rotatable bonds is 5. The molecular weight excluding hydrogens is 382 g/mol. The van der Waals surface area contributed by atoms with Crippen LogP contribution in [0.5, 0.6) is 0 Å². The molecular formula is C18H29N5O4S. The summed E-state index contributed by atoms with van der Waals surface area (Å²) in [6.45, 7) is 5.42.